The summed E-state index contributed by atoms with van der Waals surface area (Å²) in [5.74, 6) is -0.429. The zero-order chi connectivity index (χ0) is 13.3. The molecule has 0 aromatic heterocycles. The molecule has 1 aliphatic rings. The number of nitrogen functional groups attached to an aromatic ring is 2. The summed E-state index contributed by atoms with van der Waals surface area (Å²) in [7, 11) is 0. The van der Waals surface area contributed by atoms with E-state index in [1.807, 2.05) is 4.90 Å². The summed E-state index contributed by atoms with van der Waals surface area (Å²) in [6.45, 7) is 1.39. The van der Waals surface area contributed by atoms with Gasteiger partial charge in [-0.25, -0.2) is 4.39 Å². The van der Waals surface area contributed by atoms with Crippen LogP contribution in [0.4, 0.5) is 21.5 Å². The number of benzene rings is 1. The molecule has 0 bridgehead atoms. The maximum atomic E-state index is 14.1. The van der Waals surface area contributed by atoms with Crippen molar-refractivity contribution in [2.24, 2.45) is 5.92 Å². The van der Waals surface area contributed by atoms with Crippen LogP contribution in [0.25, 0.3) is 0 Å². The Morgan fingerprint density at radius 3 is 2.83 bits per heavy atom. The lowest BCUT2D eigenvalue weighted by Crippen LogP contribution is -2.37. The monoisotopic (exact) mass is 273 g/mol. The standard InChI is InChI=1S/C12H17ClFN3O/c13-10-8(15)4-9(16)12(11(10)14)17-3-1-2-7(5-17)6-18/h4,7,18H,1-3,5-6,15-16H2. The van der Waals surface area contributed by atoms with Crippen LogP contribution in [-0.4, -0.2) is 24.8 Å². The fourth-order valence-electron chi connectivity index (χ4n) is 2.40. The molecule has 1 unspecified atom stereocenters. The van der Waals surface area contributed by atoms with E-state index < -0.39 is 5.82 Å². The van der Waals surface area contributed by atoms with E-state index >= 15 is 0 Å². The molecule has 5 N–H and O–H groups in total. The van der Waals surface area contributed by atoms with Crippen LogP contribution >= 0.6 is 11.6 Å². The van der Waals surface area contributed by atoms with Crippen LogP contribution < -0.4 is 16.4 Å². The fourth-order valence-corrected chi connectivity index (χ4v) is 2.54. The molecule has 1 heterocycles. The van der Waals surface area contributed by atoms with Crippen molar-refractivity contribution in [3.63, 3.8) is 0 Å². The van der Waals surface area contributed by atoms with Gasteiger partial charge in [0, 0.05) is 19.7 Å². The molecule has 1 aliphatic heterocycles. The molecular formula is C12H17ClFN3O. The Morgan fingerprint density at radius 2 is 2.17 bits per heavy atom. The van der Waals surface area contributed by atoms with Gasteiger partial charge in [-0.1, -0.05) is 11.6 Å². The summed E-state index contributed by atoms with van der Waals surface area (Å²) < 4.78 is 14.1. The van der Waals surface area contributed by atoms with Crippen molar-refractivity contribution in [2.45, 2.75) is 12.8 Å². The van der Waals surface area contributed by atoms with Crippen LogP contribution in [0.2, 0.25) is 5.02 Å². The molecule has 0 amide bonds. The highest BCUT2D eigenvalue weighted by Gasteiger charge is 2.25. The van der Waals surface area contributed by atoms with E-state index in [1.54, 1.807) is 0 Å². The Morgan fingerprint density at radius 1 is 1.44 bits per heavy atom. The lowest BCUT2D eigenvalue weighted by atomic mass is 9.98. The molecule has 100 valence electrons. The van der Waals surface area contributed by atoms with Crippen molar-refractivity contribution >= 4 is 28.7 Å². The zero-order valence-corrected chi connectivity index (χ0v) is 10.8. The van der Waals surface area contributed by atoms with E-state index in [0.29, 0.717) is 18.8 Å². The van der Waals surface area contributed by atoms with Gasteiger partial charge in [-0.05, 0) is 24.8 Å². The lowest BCUT2D eigenvalue weighted by molar-refractivity contribution is 0.208. The van der Waals surface area contributed by atoms with E-state index in [2.05, 4.69) is 0 Å². The Kier molecular flexibility index (Phi) is 3.82. The number of hydrogen-bond donors (Lipinski definition) is 3. The first kappa shape index (κ1) is 13.2. The summed E-state index contributed by atoms with van der Waals surface area (Å²) in [6, 6.07) is 1.48. The normalized spacial score (nSPS) is 20.2. The molecule has 1 aromatic carbocycles. The summed E-state index contributed by atoms with van der Waals surface area (Å²) in [6.07, 6.45) is 1.84. The van der Waals surface area contributed by atoms with Crippen LogP contribution in [0.15, 0.2) is 6.07 Å². The molecule has 1 atom stereocenters. The van der Waals surface area contributed by atoms with Crippen molar-refractivity contribution in [1.29, 1.82) is 0 Å². The largest absolute Gasteiger partial charge is 0.397 e. The molecule has 0 radical (unpaired) electrons. The highest BCUT2D eigenvalue weighted by atomic mass is 35.5. The van der Waals surface area contributed by atoms with E-state index in [0.717, 1.165) is 12.8 Å². The summed E-state index contributed by atoms with van der Waals surface area (Å²) in [4.78, 5) is 1.83. The fraction of sp³-hybridized carbons (Fsp3) is 0.500. The predicted molar refractivity (Wildman–Crippen MR) is 72.3 cm³/mol. The number of nitrogens with two attached hydrogens (primary N) is 2. The van der Waals surface area contributed by atoms with Gasteiger partial charge >= 0.3 is 0 Å². The second kappa shape index (κ2) is 5.20. The van der Waals surface area contributed by atoms with Crippen molar-refractivity contribution in [1.82, 2.24) is 0 Å². The number of hydrogen-bond acceptors (Lipinski definition) is 4. The van der Waals surface area contributed by atoms with E-state index in [-0.39, 0.29) is 28.9 Å². The Bertz CT molecular complexity index is 455. The number of nitrogens with zero attached hydrogens (tertiary/aromatic N) is 1. The molecule has 6 heteroatoms. The van der Waals surface area contributed by atoms with Gasteiger partial charge in [0.25, 0.3) is 0 Å². The number of aliphatic hydroxyl groups is 1. The molecule has 1 saturated heterocycles. The highest BCUT2D eigenvalue weighted by molar-refractivity contribution is 6.33. The van der Waals surface area contributed by atoms with E-state index in [9.17, 15) is 9.50 Å². The molecule has 0 spiro atoms. The SMILES string of the molecule is Nc1cc(N)c(N2CCCC(CO)C2)c(F)c1Cl. The zero-order valence-electron chi connectivity index (χ0n) is 10.00. The minimum absolute atomic E-state index is 0.0923. The van der Waals surface area contributed by atoms with Gasteiger partial charge in [0.1, 0.15) is 5.02 Å². The Labute approximate surface area is 110 Å². The topological polar surface area (TPSA) is 75.5 Å². The van der Waals surface area contributed by atoms with Crippen LogP contribution in [-0.2, 0) is 0 Å². The molecule has 1 fully saturated rings. The second-order valence-electron chi connectivity index (χ2n) is 4.67. The van der Waals surface area contributed by atoms with Crippen molar-refractivity contribution in [3.05, 3.63) is 16.9 Å². The molecule has 0 aliphatic carbocycles. The first-order chi connectivity index (χ1) is 8.54. The Hall–Kier alpha value is -1.20. The summed E-state index contributed by atoms with van der Waals surface area (Å²) in [5, 5.41) is 9.10. The number of rotatable bonds is 2. The molecular weight excluding hydrogens is 257 g/mol. The van der Waals surface area contributed by atoms with Gasteiger partial charge in [-0.2, -0.15) is 0 Å². The quantitative estimate of drug-likeness (QED) is 0.719. The minimum Gasteiger partial charge on any atom is -0.397 e. The summed E-state index contributed by atoms with van der Waals surface area (Å²) >= 11 is 5.81. The van der Waals surface area contributed by atoms with Crippen LogP contribution in [0, 0.1) is 11.7 Å². The van der Waals surface area contributed by atoms with Gasteiger partial charge in [0.2, 0.25) is 0 Å². The smallest absolute Gasteiger partial charge is 0.169 e. The summed E-state index contributed by atoms with van der Waals surface area (Å²) in [5.41, 5.74) is 12.1. The molecule has 2 rings (SSSR count). The number of piperidine rings is 1. The predicted octanol–water partition coefficient (Wildman–Crippen LogP) is 1.85. The third-order valence-electron chi connectivity index (χ3n) is 3.33. The molecule has 0 saturated carbocycles. The third-order valence-corrected chi connectivity index (χ3v) is 3.72. The Balaban J connectivity index is 2.35. The molecule has 4 nitrogen and oxygen atoms in total. The average molecular weight is 274 g/mol. The van der Waals surface area contributed by atoms with Gasteiger partial charge in [0.05, 0.1) is 17.1 Å². The lowest BCUT2D eigenvalue weighted by Gasteiger charge is -2.34. The second-order valence-corrected chi connectivity index (χ2v) is 5.05. The first-order valence-corrected chi connectivity index (χ1v) is 6.31. The van der Waals surface area contributed by atoms with Gasteiger partial charge < -0.3 is 21.5 Å². The molecule has 1 aromatic rings. The van der Waals surface area contributed by atoms with Crippen LogP contribution in [0.1, 0.15) is 12.8 Å². The van der Waals surface area contributed by atoms with Crippen LogP contribution in [0.5, 0.6) is 0 Å². The number of anilines is 3. The van der Waals surface area contributed by atoms with Gasteiger partial charge in [-0.15, -0.1) is 0 Å². The van der Waals surface area contributed by atoms with Crippen LogP contribution in [0.3, 0.4) is 0 Å². The van der Waals surface area contributed by atoms with Crippen molar-refractivity contribution < 1.29 is 9.50 Å². The highest BCUT2D eigenvalue weighted by Crippen LogP contribution is 2.37. The maximum Gasteiger partial charge on any atom is 0.169 e. The third kappa shape index (κ3) is 2.33. The minimum atomic E-state index is -0.576. The number of aliphatic hydroxyl groups excluding tert-OH is 1. The van der Waals surface area contributed by atoms with E-state index in [1.165, 1.54) is 6.07 Å². The number of halogens is 2. The first-order valence-electron chi connectivity index (χ1n) is 5.93. The average Bonchev–Trinajstić information content (AvgIpc) is 2.36. The van der Waals surface area contributed by atoms with Gasteiger partial charge in [0.15, 0.2) is 5.82 Å². The van der Waals surface area contributed by atoms with Crippen molar-refractivity contribution in [3.8, 4) is 0 Å². The maximum absolute atomic E-state index is 14.1. The van der Waals surface area contributed by atoms with E-state index in [4.69, 9.17) is 23.1 Å². The van der Waals surface area contributed by atoms with Gasteiger partial charge in [-0.3, -0.25) is 0 Å². The molecule has 18 heavy (non-hydrogen) atoms. The van der Waals surface area contributed by atoms with Crippen molar-refractivity contribution in [2.75, 3.05) is 36.1 Å².